The second kappa shape index (κ2) is 10.2. The van der Waals surface area contributed by atoms with Crippen molar-refractivity contribution in [2.45, 2.75) is 51.0 Å². The standard InChI is InChI=1S/C29H36N6O2/c1-33(14-15-34-12-6-7-13-34)25-17-22(27-28(31-18-30-27)26(25)29(36)37-2)20-10-11-24-23(16-20)32-19-35(24)21-8-4-3-5-9-21/h10-11,16-19,21H,3-9,12-15H2,1-2H3,(H,30,31). The van der Waals surface area contributed by atoms with E-state index in [-0.39, 0.29) is 5.97 Å². The van der Waals surface area contributed by atoms with Gasteiger partial charge in [0.1, 0.15) is 5.56 Å². The van der Waals surface area contributed by atoms with Crippen LogP contribution in [-0.2, 0) is 4.74 Å². The predicted octanol–water partition coefficient (Wildman–Crippen LogP) is 5.40. The highest BCUT2D eigenvalue weighted by atomic mass is 16.5. The fraction of sp³-hybridized carbons (Fsp3) is 0.483. The number of rotatable bonds is 7. The summed E-state index contributed by atoms with van der Waals surface area (Å²) >= 11 is 0. The number of aromatic amines is 1. The maximum Gasteiger partial charge on any atom is 0.342 e. The molecule has 8 heteroatoms. The highest BCUT2D eigenvalue weighted by Crippen LogP contribution is 2.38. The summed E-state index contributed by atoms with van der Waals surface area (Å²) in [5.74, 6) is -0.356. The molecule has 1 aliphatic carbocycles. The molecule has 2 fully saturated rings. The molecule has 1 aliphatic heterocycles. The van der Waals surface area contributed by atoms with Gasteiger partial charge in [0.05, 0.1) is 47.5 Å². The number of hydrogen-bond acceptors (Lipinski definition) is 6. The number of fused-ring (bicyclic) bond motifs is 2. The topological polar surface area (TPSA) is 79.3 Å². The minimum absolute atomic E-state index is 0.356. The normalized spacial score (nSPS) is 17.1. The quantitative estimate of drug-likeness (QED) is 0.342. The Labute approximate surface area is 217 Å². The van der Waals surface area contributed by atoms with E-state index in [0.29, 0.717) is 17.1 Å². The SMILES string of the molecule is COC(=O)c1c(N(C)CCN2CCCC2)cc(-c2ccc3c(c2)ncn3C2CCCCC2)c2nc[nH]c12. The predicted molar refractivity (Wildman–Crippen MR) is 147 cm³/mol. The number of nitrogens with zero attached hydrogens (tertiary/aromatic N) is 5. The van der Waals surface area contributed by atoms with E-state index >= 15 is 0 Å². The number of nitrogens with one attached hydrogen (secondary N) is 1. The minimum Gasteiger partial charge on any atom is -0.465 e. The number of H-pyrrole nitrogens is 1. The summed E-state index contributed by atoms with van der Waals surface area (Å²) in [5.41, 5.74) is 7.07. The molecule has 2 aliphatic rings. The van der Waals surface area contributed by atoms with Crippen molar-refractivity contribution in [1.29, 1.82) is 0 Å². The lowest BCUT2D eigenvalue weighted by molar-refractivity contribution is 0.0603. The number of benzene rings is 2. The van der Waals surface area contributed by atoms with Crippen LogP contribution in [0, 0.1) is 0 Å². The highest BCUT2D eigenvalue weighted by Gasteiger charge is 2.25. The van der Waals surface area contributed by atoms with E-state index < -0.39 is 0 Å². The smallest absolute Gasteiger partial charge is 0.342 e. The molecule has 3 heterocycles. The van der Waals surface area contributed by atoms with Gasteiger partial charge in [0.25, 0.3) is 0 Å². The third-order valence-corrected chi connectivity index (χ3v) is 8.29. The van der Waals surface area contributed by atoms with Crippen molar-refractivity contribution in [1.82, 2.24) is 24.4 Å². The van der Waals surface area contributed by atoms with Crippen LogP contribution in [0.5, 0.6) is 0 Å². The van der Waals surface area contributed by atoms with Gasteiger partial charge in [-0.1, -0.05) is 25.3 Å². The number of ether oxygens (including phenoxy) is 1. The maximum absolute atomic E-state index is 13.0. The van der Waals surface area contributed by atoms with Crippen LogP contribution < -0.4 is 4.90 Å². The molecule has 8 nitrogen and oxygen atoms in total. The van der Waals surface area contributed by atoms with Crippen LogP contribution in [0.3, 0.4) is 0 Å². The van der Waals surface area contributed by atoms with Crippen molar-refractivity contribution in [3.63, 3.8) is 0 Å². The molecule has 1 N–H and O–H groups in total. The van der Waals surface area contributed by atoms with Crippen molar-refractivity contribution < 1.29 is 9.53 Å². The molecule has 0 spiro atoms. The number of hydrogen-bond donors (Lipinski definition) is 1. The zero-order valence-electron chi connectivity index (χ0n) is 21.9. The summed E-state index contributed by atoms with van der Waals surface area (Å²) in [5, 5.41) is 0. The number of aromatic nitrogens is 4. The molecule has 0 radical (unpaired) electrons. The Balaban J connectivity index is 1.41. The second-order valence-electron chi connectivity index (χ2n) is 10.6. The molecule has 6 rings (SSSR count). The number of carbonyl (C=O) groups excluding carboxylic acids is 1. The molecule has 1 saturated heterocycles. The molecule has 0 atom stereocenters. The van der Waals surface area contributed by atoms with Crippen LogP contribution >= 0.6 is 0 Å². The Bertz CT molecular complexity index is 1410. The average Bonchev–Trinajstić information content (AvgIpc) is 3.71. The van der Waals surface area contributed by atoms with E-state index in [9.17, 15) is 4.79 Å². The zero-order chi connectivity index (χ0) is 25.4. The third-order valence-electron chi connectivity index (χ3n) is 8.29. The summed E-state index contributed by atoms with van der Waals surface area (Å²) < 4.78 is 7.57. The Morgan fingerprint density at radius 1 is 1.11 bits per heavy atom. The van der Waals surface area contributed by atoms with Gasteiger partial charge in [-0.05, 0) is 62.5 Å². The van der Waals surface area contributed by atoms with Gasteiger partial charge in [-0.2, -0.15) is 0 Å². The van der Waals surface area contributed by atoms with E-state index in [1.54, 1.807) is 6.33 Å². The van der Waals surface area contributed by atoms with Gasteiger partial charge < -0.3 is 24.1 Å². The van der Waals surface area contributed by atoms with Gasteiger partial charge in [-0.3, -0.25) is 0 Å². The van der Waals surface area contributed by atoms with E-state index in [4.69, 9.17) is 9.72 Å². The number of carbonyl (C=O) groups is 1. The van der Waals surface area contributed by atoms with Gasteiger partial charge in [-0.15, -0.1) is 0 Å². The van der Waals surface area contributed by atoms with E-state index in [1.165, 1.54) is 57.6 Å². The molecule has 0 amide bonds. The fourth-order valence-electron chi connectivity index (χ4n) is 6.19. The third kappa shape index (κ3) is 4.48. The van der Waals surface area contributed by atoms with Crippen LogP contribution in [0.4, 0.5) is 5.69 Å². The minimum atomic E-state index is -0.356. The summed E-state index contributed by atoms with van der Waals surface area (Å²) in [6, 6.07) is 9.15. The lowest BCUT2D eigenvalue weighted by Gasteiger charge is -2.26. The molecule has 37 heavy (non-hydrogen) atoms. The molecule has 1 saturated carbocycles. The van der Waals surface area contributed by atoms with Crippen LogP contribution in [0.1, 0.15) is 61.3 Å². The van der Waals surface area contributed by atoms with E-state index in [0.717, 1.165) is 54.0 Å². The van der Waals surface area contributed by atoms with Gasteiger partial charge in [0.15, 0.2) is 0 Å². The number of anilines is 1. The van der Waals surface area contributed by atoms with Crippen molar-refractivity contribution in [2.24, 2.45) is 0 Å². The van der Waals surface area contributed by atoms with E-state index in [2.05, 4.69) is 55.6 Å². The number of imidazole rings is 2. The molecular formula is C29H36N6O2. The van der Waals surface area contributed by atoms with Crippen molar-refractivity contribution >= 4 is 33.7 Å². The Kier molecular flexibility index (Phi) is 6.59. The first kappa shape index (κ1) is 24.0. The van der Waals surface area contributed by atoms with Crippen LogP contribution in [0.15, 0.2) is 36.9 Å². The Morgan fingerprint density at radius 3 is 2.70 bits per heavy atom. The number of likely N-dealkylation sites (tertiary alicyclic amines) is 1. The molecule has 2 aromatic carbocycles. The summed E-state index contributed by atoms with van der Waals surface area (Å²) in [6.45, 7) is 4.10. The summed E-state index contributed by atoms with van der Waals surface area (Å²) in [7, 11) is 3.49. The van der Waals surface area contributed by atoms with Crippen molar-refractivity contribution in [3.05, 3.63) is 42.5 Å². The van der Waals surface area contributed by atoms with Gasteiger partial charge in [-0.25, -0.2) is 14.8 Å². The number of likely N-dealkylation sites (N-methyl/N-ethyl adjacent to an activating group) is 1. The monoisotopic (exact) mass is 500 g/mol. The molecule has 0 bridgehead atoms. The lowest BCUT2D eigenvalue weighted by Crippen LogP contribution is -2.32. The van der Waals surface area contributed by atoms with Crippen molar-refractivity contribution in [2.75, 3.05) is 45.2 Å². The Morgan fingerprint density at radius 2 is 1.92 bits per heavy atom. The lowest BCUT2D eigenvalue weighted by atomic mass is 9.95. The first-order chi connectivity index (χ1) is 18.1. The number of esters is 1. The summed E-state index contributed by atoms with van der Waals surface area (Å²) in [4.78, 5) is 30.3. The van der Waals surface area contributed by atoms with E-state index in [1.807, 2.05) is 6.33 Å². The van der Waals surface area contributed by atoms with Gasteiger partial charge in [0.2, 0.25) is 0 Å². The molecule has 194 valence electrons. The second-order valence-corrected chi connectivity index (χ2v) is 10.6. The summed E-state index contributed by atoms with van der Waals surface area (Å²) in [6.07, 6.45) is 12.6. The van der Waals surface area contributed by atoms with Gasteiger partial charge in [0, 0.05) is 31.7 Å². The molecule has 2 aromatic heterocycles. The molecule has 4 aromatic rings. The fourth-order valence-corrected chi connectivity index (χ4v) is 6.19. The first-order valence-corrected chi connectivity index (χ1v) is 13.6. The molecular weight excluding hydrogens is 464 g/mol. The van der Waals surface area contributed by atoms with Crippen molar-refractivity contribution in [3.8, 4) is 11.1 Å². The maximum atomic E-state index is 13.0. The Hall–Kier alpha value is -3.39. The van der Waals surface area contributed by atoms with Crippen LogP contribution in [0.2, 0.25) is 0 Å². The van der Waals surface area contributed by atoms with Crippen LogP contribution in [-0.4, -0.2) is 70.7 Å². The highest BCUT2D eigenvalue weighted by molar-refractivity contribution is 6.11. The zero-order valence-corrected chi connectivity index (χ0v) is 21.9. The van der Waals surface area contributed by atoms with Crippen LogP contribution in [0.25, 0.3) is 33.2 Å². The average molecular weight is 501 g/mol. The first-order valence-electron chi connectivity index (χ1n) is 13.6. The molecule has 0 unspecified atom stereocenters. The van der Waals surface area contributed by atoms with Gasteiger partial charge >= 0.3 is 5.97 Å². The largest absolute Gasteiger partial charge is 0.465 e. The number of methoxy groups -OCH3 is 1.